The topological polar surface area (TPSA) is 105 Å². The molecule has 4 heterocycles. The van der Waals surface area contributed by atoms with E-state index in [0.29, 0.717) is 17.4 Å². The van der Waals surface area contributed by atoms with Gasteiger partial charge in [-0.25, -0.2) is 14.3 Å². The molecule has 36 heavy (non-hydrogen) atoms. The van der Waals surface area contributed by atoms with Gasteiger partial charge >= 0.3 is 5.69 Å². The van der Waals surface area contributed by atoms with E-state index in [1.165, 1.54) is 29.4 Å². The van der Waals surface area contributed by atoms with Gasteiger partial charge in [0.25, 0.3) is 0 Å². The maximum Gasteiger partial charge on any atom is 0.355 e. The van der Waals surface area contributed by atoms with Crippen LogP contribution in [0.1, 0.15) is 6.42 Å². The summed E-state index contributed by atoms with van der Waals surface area (Å²) in [5.74, 6) is 1.17. The zero-order valence-corrected chi connectivity index (χ0v) is 21.0. The Labute approximate surface area is 217 Å². The number of nitrogens with two attached hydrogens (primary N) is 1. The predicted molar refractivity (Wildman–Crippen MR) is 144 cm³/mol. The smallest absolute Gasteiger partial charge is 0.355 e. The second-order valence-corrected chi connectivity index (χ2v) is 10.1. The molecule has 2 aliphatic rings. The molecular formula is C25H24Cl2N8O. The molecule has 2 aliphatic heterocycles. The summed E-state index contributed by atoms with van der Waals surface area (Å²) in [7, 11) is 2.22. The molecule has 11 heteroatoms. The standard InChI is InChI=1S/C25H24Cl2N8O/c1-33-10-9-14-12-34(13-20(14)33)16-7-5-15(6-8-16)30-24-29-11-17-22(28)35(25(36)32-23(17)31-24)21-18(26)3-2-4-19(21)27/h2-8,11,14,20H,9-10,12-13,28H2,1H3,(H,30,31,32,36). The number of hydrogen-bond acceptors (Lipinski definition) is 8. The van der Waals surface area contributed by atoms with Gasteiger partial charge in [0, 0.05) is 36.7 Å². The predicted octanol–water partition coefficient (Wildman–Crippen LogP) is 3.95. The van der Waals surface area contributed by atoms with E-state index < -0.39 is 5.69 Å². The maximum absolute atomic E-state index is 12.9. The zero-order valence-electron chi connectivity index (χ0n) is 19.5. The second kappa shape index (κ2) is 8.92. The van der Waals surface area contributed by atoms with Crippen LogP contribution in [-0.4, -0.2) is 57.1 Å². The monoisotopic (exact) mass is 522 g/mol. The maximum atomic E-state index is 12.9. The Kier molecular flexibility index (Phi) is 5.70. The Hall–Kier alpha value is -3.40. The van der Waals surface area contributed by atoms with Crippen LogP contribution in [0.25, 0.3) is 16.7 Å². The Bertz CT molecular complexity index is 1500. The van der Waals surface area contributed by atoms with E-state index in [4.69, 9.17) is 28.9 Å². The number of benzene rings is 2. The lowest BCUT2D eigenvalue weighted by atomic mass is 10.1. The normalized spacial score (nSPS) is 19.7. The quantitative estimate of drug-likeness (QED) is 0.415. The number of anilines is 4. The van der Waals surface area contributed by atoms with Crippen LogP contribution in [0.2, 0.25) is 10.0 Å². The first-order valence-corrected chi connectivity index (χ1v) is 12.5. The molecule has 184 valence electrons. The molecule has 9 nitrogen and oxygen atoms in total. The number of rotatable bonds is 4. The second-order valence-electron chi connectivity index (χ2n) is 9.29. The number of halogens is 2. The van der Waals surface area contributed by atoms with E-state index in [2.05, 4.69) is 49.2 Å². The molecule has 0 bridgehead atoms. The van der Waals surface area contributed by atoms with Gasteiger partial charge in [-0.05, 0) is 62.3 Å². The molecule has 2 unspecified atom stereocenters. The Morgan fingerprint density at radius 1 is 1.06 bits per heavy atom. The summed E-state index contributed by atoms with van der Waals surface area (Å²) in [6.07, 6.45) is 2.80. The van der Waals surface area contributed by atoms with Crippen LogP contribution in [0.5, 0.6) is 0 Å². The summed E-state index contributed by atoms with van der Waals surface area (Å²) >= 11 is 12.6. The fourth-order valence-electron chi connectivity index (χ4n) is 5.25. The van der Waals surface area contributed by atoms with Gasteiger partial charge in [-0.15, -0.1) is 0 Å². The number of hydrogen-bond donors (Lipinski definition) is 2. The molecule has 2 aromatic heterocycles. The van der Waals surface area contributed by atoms with E-state index >= 15 is 0 Å². The number of likely N-dealkylation sites (tertiary alicyclic amines) is 1. The third-order valence-electron chi connectivity index (χ3n) is 7.15. The largest absolute Gasteiger partial charge is 0.384 e. The minimum atomic E-state index is -0.634. The summed E-state index contributed by atoms with van der Waals surface area (Å²) in [6, 6.07) is 13.8. The SMILES string of the molecule is CN1CCC2CN(c3ccc(Nc4ncc5c(N)n(-c6c(Cl)cccc6Cl)c(=O)nc5n4)cc3)CC21. The van der Waals surface area contributed by atoms with Crippen molar-refractivity contribution >= 4 is 57.4 Å². The van der Waals surface area contributed by atoms with Gasteiger partial charge in [0.05, 0.1) is 21.1 Å². The van der Waals surface area contributed by atoms with Crippen molar-refractivity contribution in [3.8, 4) is 5.69 Å². The number of fused-ring (bicyclic) bond motifs is 2. The number of nitrogen functional groups attached to an aromatic ring is 1. The number of nitrogens with one attached hydrogen (secondary N) is 1. The number of nitrogens with zero attached hydrogens (tertiary/aromatic N) is 6. The molecule has 2 saturated heterocycles. The van der Waals surface area contributed by atoms with Gasteiger partial charge in [-0.2, -0.15) is 9.97 Å². The molecule has 6 rings (SSSR count). The van der Waals surface area contributed by atoms with Crippen molar-refractivity contribution in [3.63, 3.8) is 0 Å². The van der Waals surface area contributed by atoms with E-state index in [0.717, 1.165) is 24.7 Å². The molecule has 0 amide bonds. The van der Waals surface area contributed by atoms with Crippen LogP contribution in [0.3, 0.4) is 0 Å². The molecular weight excluding hydrogens is 499 g/mol. The molecule has 4 aromatic rings. The first-order chi connectivity index (χ1) is 17.4. The van der Waals surface area contributed by atoms with Crippen LogP contribution >= 0.6 is 23.2 Å². The Morgan fingerprint density at radius 2 is 1.81 bits per heavy atom. The minimum absolute atomic E-state index is 0.108. The van der Waals surface area contributed by atoms with Crippen LogP contribution in [0.15, 0.2) is 53.5 Å². The first-order valence-electron chi connectivity index (χ1n) is 11.7. The molecule has 2 atom stereocenters. The summed E-state index contributed by atoms with van der Waals surface area (Å²) in [5.41, 5.74) is 8.16. The van der Waals surface area contributed by atoms with Crippen molar-refractivity contribution in [2.75, 3.05) is 42.6 Å². The summed E-state index contributed by atoms with van der Waals surface area (Å²) in [6.45, 7) is 3.35. The highest BCUT2D eigenvalue weighted by molar-refractivity contribution is 6.37. The third kappa shape index (κ3) is 3.93. The van der Waals surface area contributed by atoms with E-state index in [-0.39, 0.29) is 27.2 Å². The van der Waals surface area contributed by atoms with Crippen molar-refractivity contribution in [3.05, 3.63) is 69.2 Å². The van der Waals surface area contributed by atoms with Gasteiger partial charge < -0.3 is 20.9 Å². The molecule has 3 N–H and O–H groups in total. The summed E-state index contributed by atoms with van der Waals surface area (Å²) in [5, 5.41) is 4.16. The van der Waals surface area contributed by atoms with Crippen LogP contribution in [-0.2, 0) is 0 Å². The number of para-hydroxylation sites is 1. The molecule has 0 saturated carbocycles. The van der Waals surface area contributed by atoms with Gasteiger partial charge in [-0.3, -0.25) is 0 Å². The molecule has 0 aliphatic carbocycles. The molecule has 2 fully saturated rings. The number of aromatic nitrogens is 4. The zero-order chi connectivity index (χ0) is 25.0. The third-order valence-corrected chi connectivity index (χ3v) is 7.76. The van der Waals surface area contributed by atoms with Crippen LogP contribution in [0.4, 0.5) is 23.1 Å². The minimum Gasteiger partial charge on any atom is -0.384 e. The molecule has 0 radical (unpaired) electrons. The van der Waals surface area contributed by atoms with Crippen molar-refractivity contribution in [1.82, 2.24) is 24.4 Å². The summed E-state index contributed by atoms with van der Waals surface area (Å²) < 4.78 is 1.17. The lowest BCUT2D eigenvalue weighted by Crippen LogP contribution is -2.32. The van der Waals surface area contributed by atoms with Gasteiger partial charge in [0.1, 0.15) is 5.82 Å². The van der Waals surface area contributed by atoms with E-state index in [9.17, 15) is 4.79 Å². The van der Waals surface area contributed by atoms with Crippen LogP contribution in [0, 0.1) is 5.92 Å². The molecule has 0 spiro atoms. The first kappa shape index (κ1) is 23.0. The summed E-state index contributed by atoms with van der Waals surface area (Å²) in [4.78, 5) is 30.7. The number of likely N-dealkylation sites (N-methyl/N-ethyl adjacent to an activating group) is 1. The highest BCUT2D eigenvalue weighted by Crippen LogP contribution is 2.34. The van der Waals surface area contributed by atoms with E-state index in [1.54, 1.807) is 18.2 Å². The van der Waals surface area contributed by atoms with Crippen molar-refractivity contribution < 1.29 is 0 Å². The average molecular weight is 523 g/mol. The highest BCUT2D eigenvalue weighted by Gasteiger charge is 2.39. The lowest BCUT2D eigenvalue weighted by Gasteiger charge is -2.22. The highest BCUT2D eigenvalue weighted by atomic mass is 35.5. The van der Waals surface area contributed by atoms with Gasteiger partial charge in [-0.1, -0.05) is 29.3 Å². The van der Waals surface area contributed by atoms with Crippen molar-refractivity contribution in [1.29, 1.82) is 0 Å². The Morgan fingerprint density at radius 3 is 2.53 bits per heavy atom. The van der Waals surface area contributed by atoms with Crippen molar-refractivity contribution in [2.24, 2.45) is 5.92 Å². The van der Waals surface area contributed by atoms with Crippen LogP contribution < -0.4 is 21.6 Å². The van der Waals surface area contributed by atoms with E-state index in [1.807, 2.05) is 12.1 Å². The fourth-order valence-corrected chi connectivity index (χ4v) is 5.82. The molecule has 2 aromatic carbocycles. The lowest BCUT2D eigenvalue weighted by molar-refractivity contribution is 0.310. The fraction of sp³-hybridized carbons (Fsp3) is 0.280. The van der Waals surface area contributed by atoms with Crippen molar-refractivity contribution in [2.45, 2.75) is 12.5 Å². The van der Waals surface area contributed by atoms with Gasteiger partial charge in [0.2, 0.25) is 5.95 Å². The average Bonchev–Trinajstić information content (AvgIpc) is 3.43. The Balaban J connectivity index is 1.25. The van der Waals surface area contributed by atoms with Gasteiger partial charge in [0.15, 0.2) is 5.65 Å².